The van der Waals surface area contributed by atoms with E-state index < -0.39 is 30.4 Å². The topological polar surface area (TPSA) is 107 Å². The summed E-state index contributed by atoms with van der Waals surface area (Å²) in [5, 5.41) is 38.3. The maximum Gasteiger partial charge on any atom is 0.303 e. The first-order valence-corrected chi connectivity index (χ1v) is 9.98. The van der Waals surface area contributed by atoms with Crippen molar-refractivity contribution in [2.45, 2.75) is 82.4 Å². The lowest BCUT2D eigenvalue weighted by Gasteiger charge is -2.16. The Kier molecular flexibility index (Phi) is 12.4. The molecule has 0 saturated carbocycles. The highest BCUT2D eigenvalue weighted by Crippen LogP contribution is 2.25. The highest BCUT2D eigenvalue weighted by Gasteiger charge is 2.35. The minimum absolute atomic E-state index is 0.160. The average Bonchev–Trinajstić information content (AvgIpc) is 3.04. The average molecular weight is 395 g/mol. The van der Waals surface area contributed by atoms with Gasteiger partial charge in [0.15, 0.2) is 0 Å². The second-order valence-corrected chi connectivity index (χ2v) is 6.92. The summed E-state index contributed by atoms with van der Waals surface area (Å²) in [6, 6.07) is 0. The van der Waals surface area contributed by atoms with E-state index in [9.17, 15) is 20.1 Å². The third-order valence-corrected chi connectivity index (χ3v) is 4.50. The molecule has 0 aliphatic carbocycles. The second kappa shape index (κ2) is 14.3. The van der Waals surface area contributed by atoms with Crippen molar-refractivity contribution in [3.8, 4) is 0 Å². The highest BCUT2D eigenvalue weighted by molar-refractivity contribution is 5.66. The van der Waals surface area contributed by atoms with Gasteiger partial charge >= 0.3 is 5.97 Å². The first-order chi connectivity index (χ1) is 13.4. The number of rotatable bonds is 13. The zero-order chi connectivity index (χ0) is 20.8. The van der Waals surface area contributed by atoms with Crippen molar-refractivity contribution in [2.75, 3.05) is 0 Å². The summed E-state index contributed by atoms with van der Waals surface area (Å²) in [7, 11) is 0. The lowest BCUT2D eigenvalue weighted by molar-refractivity contribution is -0.136. The molecule has 6 heteroatoms. The number of hydrogen-bond donors (Lipinski definition) is 4. The Labute approximate surface area is 167 Å². The van der Waals surface area contributed by atoms with Crippen LogP contribution in [0.3, 0.4) is 0 Å². The molecule has 5 atom stereocenters. The molecule has 1 aliphatic heterocycles. The van der Waals surface area contributed by atoms with Crippen LogP contribution < -0.4 is 0 Å². The van der Waals surface area contributed by atoms with Gasteiger partial charge in [0.2, 0.25) is 0 Å². The maximum atomic E-state index is 10.3. The maximum absolute atomic E-state index is 10.3. The zero-order valence-corrected chi connectivity index (χ0v) is 16.6. The van der Waals surface area contributed by atoms with Crippen molar-refractivity contribution >= 4 is 5.97 Å². The Morgan fingerprint density at radius 1 is 1.11 bits per heavy atom. The lowest BCUT2D eigenvalue weighted by Crippen LogP contribution is -2.25. The summed E-state index contributed by atoms with van der Waals surface area (Å²) < 4.78 is 5.63. The van der Waals surface area contributed by atoms with Crippen LogP contribution in [-0.4, -0.2) is 56.9 Å². The monoisotopic (exact) mass is 394 g/mol. The van der Waals surface area contributed by atoms with Crippen LogP contribution >= 0.6 is 0 Å². The summed E-state index contributed by atoms with van der Waals surface area (Å²) in [4.78, 5) is 10.3. The third-order valence-electron chi connectivity index (χ3n) is 4.50. The fourth-order valence-electron chi connectivity index (χ4n) is 2.82. The van der Waals surface area contributed by atoms with Crippen LogP contribution in [-0.2, 0) is 9.53 Å². The molecule has 0 aromatic heterocycles. The Bertz CT molecular complexity index is 551. The smallest absolute Gasteiger partial charge is 0.303 e. The van der Waals surface area contributed by atoms with Crippen LogP contribution in [0.5, 0.6) is 0 Å². The van der Waals surface area contributed by atoms with E-state index >= 15 is 0 Å². The second-order valence-electron chi connectivity index (χ2n) is 6.92. The minimum Gasteiger partial charge on any atom is -0.481 e. The lowest BCUT2D eigenvalue weighted by atomic mass is 10.1. The van der Waals surface area contributed by atoms with Crippen molar-refractivity contribution < 1.29 is 30.0 Å². The van der Waals surface area contributed by atoms with Gasteiger partial charge in [0.25, 0.3) is 0 Å². The third kappa shape index (κ3) is 10.6. The molecule has 1 rings (SSSR count). The molecule has 0 unspecified atom stereocenters. The van der Waals surface area contributed by atoms with E-state index in [1.807, 2.05) is 43.4 Å². The Morgan fingerprint density at radius 2 is 1.75 bits per heavy atom. The molecule has 1 saturated heterocycles. The van der Waals surface area contributed by atoms with Gasteiger partial charge in [-0.25, -0.2) is 0 Å². The molecular formula is C22H34O6. The predicted octanol–water partition coefficient (Wildman–Crippen LogP) is 2.90. The summed E-state index contributed by atoms with van der Waals surface area (Å²) in [6.45, 7) is 1.87. The van der Waals surface area contributed by atoms with E-state index in [1.54, 1.807) is 12.2 Å². The van der Waals surface area contributed by atoms with Gasteiger partial charge in [-0.3, -0.25) is 4.79 Å². The zero-order valence-electron chi connectivity index (χ0n) is 16.6. The molecule has 1 fully saturated rings. The number of allylic oxidation sites excluding steroid dienone is 5. The molecule has 1 heterocycles. The molecule has 0 aromatic carbocycles. The molecule has 158 valence electrons. The van der Waals surface area contributed by atoms with Crippen LogP contribution in [0.4, 0.5) is 0 Å². The highest BCUT2D eigenvalue weighted by atomic mass is 16.5. The number of aliphatic hydroxyl groups is 3. The van der Waals surface area contributed by atoms with Crippen molar-refractivity contribution in [3.05, 3.63) is 48.6 Å². The van der Waals surface area contributed by atoms with Gasteiger partial charge in [0, 0.05) is 12.8 Å². The molecule has 0 spiro atoms. The number of aliphatic carboxylic acids is 1. The van der Waals surface area contributed by atoms with E-state index in [0.717, 1.165) is 12.8 Å². The van der Waals surface area contributed by atoms with E-state index in [1.165, 1.54) is 0 Å². The van der Waals surface area contributed by atoms with Gasteiger partial charge in [-0.2, -0.15) is 0 Å². The molecular weight excluding hydrogens is 360 g/mol. The van der Waals surface area contributed by atoms with Crippen LogP contribution in [0.1, 0.15) is 51.9 Å². The predicted molar refractivity (Wildman–Crippen MR) is 109 cm³/mol. The number of hydrogen-bond acceptors (Lipinski definition) is 5. The minimum atomic E-state index is -0.784. The summed E-state index contributed by atoms with van der Waals surface area (Å²) in [5.74, 6) is -0.784. The van der Waals surface area contributed by atoms with Crippen LogP contribution in [0.15, 0.2) is 48.6 Å². The molecule has 0 amide bonds. The number of carbonyl (C=O) groups is 1. The number of carboxylic acids is 1. The quantitative estimate of drug-likeness (QED) is 0.358. The molecule has 1 aliphatic rings. The largest absolute Gasteiger partial charge is 0.481 e. The van der Waals surface area contributed by atoms with E-state index in [-0.39, 0.29) is 12.5 Å². The van der Waals surface area contributed by atoms with Crippen molar-refractivity contribution in [1.29, 1.82) is 0 Å². The first kappa shape index (κ1) is 24.3. The molecule has 0 aromatic rings. The summed E-state index contributed by atoms with van der Waals surface area (Å²) in [5.41, 5.74) is 0. The van der Waals surface area contributed by atoms with E-state index in [2.05, 4.69) is 0 Å². The van der Waals surface area contributed by atoms with Gasteiger partial charge in [-0.15, -0.1) is 0 Å². The summed E-state index contributed by atoms with van der Waals surface area (Å²) >= 11 is 0. The normalized spacial score (nSPS) is 25.5. The van der Waals surface area contributed by atoms with Gasteiger partial charge in [0.05, 0.1) is 24.4 Å². The Balaban J connectivity index is 2.18. The SMILES string of the molecule is CC[C@@H](O)[C@@H]1C[C@H](O)[C@@H](/C=C/[C@H](O)C/C=C\C/C=C\C/C=C\CCC(=O)O)O1. The van der Waals surface area contributed by atoms with Crippen LogP contribution in [0.2, 0.25) is 0 Å². The van der Waals surface area contributed by atoms with Gasteiger partial charge < -0.3 is 25.2 Å². The van der Waals surface area contributed by atoms with E-state index in [4.69, 9.17) is 9.84 Å². The fraction of sp³-hybridized carbons (Fsp3) is 0.591. The van der Waals surface area contributed by atoms with Gasteiger partial charge in [-0.1, -0.05) is 55.5 Å². The molecule has 0 radical (unpaired) electrons. The first-order valence-electron chi connectivity index (χ1n) is 9.98. The Morgan fingerprint density at radius 3 is 2.39 bits per heavy atom. The molecule has 0 bridgehead atoms. The van der Waals surface area contributed by atoms with Crippen LogP contribution in [0, 0.1) is 0 Å². The van der Waals surface area contributed by atoms with Gasteiger partial charge in [-0.05, 0) is 32.1 Å². The number of ether oxygens (including phenoxy) is 1. The summed E-state index contributed by atoms with van der Waals surface area (Å²) in [6.07, 6.45) is 16.0. The van der Waals surface area contributed by atoms with Gasteiger partial charge in [0.1, 0.15) is 6.10 Å². The van der Waals surface area contributed by atoms with Crippen molar-refractivity contribution in [1.82, 2.24) is 0 Å². The van der Waals surface area contributed by atoms with E-state index in [0.29, 0.717) is 25.7 Å². The van der Waals surface area contributed by atoms with Crippen LogP contribution in [0.25, 0.3) is 0 Å². The molecule has 6 nitrogen and oxygen atoms in total. The van der Waals surface area contributed by atoms with Crippen molar-refractivity contribution in [3.63, 3.8) is 0 Å². The standard InChI is InChI=1S/C22H34O6/c1-2-18(24)21-16-19(25)20(28-21)15-14-17(23)12-10-8-6-4-3-5-7-9-11-13-22(26)27/h3-4,7-10,14-15,17-21,23-25H,2,5-6,11-13,16H2,1H3,(H,26,27)/b4-3-,9-7-,10-8-,15-14+/t17-,18-,19+,20-,21+/m1/s1. The Hall–Kier alpha value is -1.73. The molecule has 28 heavy (non-hydrogen) atoms. The molecule has 4 N–H and O–H groups in total. The fourth-order valence-corrected chi connectivity index (χ4v) is 2.82. The van der Waals surface area contributed by atoms with Crippen molar-refractivity contribution in [2.24, 2.45) is 0 Å². The number of carboxylic acid groups (broad SMARTS) is 1. The number of aliphatic hydroxyl groups excluding tert-OH is 3.